The van der Waals surface area contributed by atoms with Crippen molar-refractivity contribution in [1.29, 1.82) is 0 Å². The number of amides is 2. The van der Waals surface area contributed by atoms with Crippen LogP contribution in [0.2, 0.25) is 10.0 Å². The van der Waals surface area contributed by atoms with Crippen LogP contribution >= 0.6 is 23.2 Å². The summed E-state index contributed by atoms with van der Waals surface area (Å²) in [7, 11) is 0. The molecule has 2 aromatic heterocycles. The van der Waals surface area contributed by atoms with Crippen LogP contribution in [0.3, 0.4) is 0 Å². The highest BCUT2D eigenvalue weighted by molar-refractivity contribution is 6.42. The Morgan fingerprint density at radius 1 is 1.05 bits per heavy atom. The Labute approximate surface area is 237 Å². The first-order valence-electron chi connectivity index (χ1n) is 12.8. The summed E-state index contributed by atoms with van der Waals surface area (Å²) in [4.78, 5) is 28.5. The number of carbonyl (C=O) groups excluding carboxylic acids is 2. The van der Waals surface area contributed by atoms with Crippen LogP contribution in [0.4, 0.5) is 5.82 Å². The van der Waals surface area contributed by atoms with Crippen molar-refractivity contribution in [3.8, 4) is 5.69 Å². The van der Waals surface area contributed by atoms with E-state index < -0.39 is 0 Å². The van der Waals surface area contributed by atoms with Gasteiger partial charge in [-0.1, -0.05) is 74.3 Å². The second-order valence-corrected chi connectivity index (χ2v) is 11.7. The van der Waals surface area contributed by atoms with Crippen molar-refractivity contribution in [1.82, 2.24) is 14.7 Å². The molecule has 1 aliphatic carbocycles. The van der Waals surface area contributed by atoms with Crippen molar-refractivity contribution in [3.63, 3.8) is 0 Å². The van der Waals surface area contributed by atoms with E-state index in [9.17, 15) is 9.59 Å². The highest BCUT2D eigenvalue weighted by atomic mass is 35.5. The molecule has 2 aromatic carbocycles. The molecule has 0 aliphatic heterocycles. The minimum atomic E-state index is -0.339. The molecule has 7 nitrogen and oxygen atoms in total. The molecule has 9 heteroatoms. The topological polar surface area (TPSA) is 80.4 Å². The molecule has 1 saturated carbocycles. The summed E-state index contributed by atoms with van der Waals surface area (Å²) in [6, 6.07) is 20.6. The van der Waals surface area contributed by atoms with Crippen LogP contribution < -0.4 is 5.32 Å². The lowest BCUT2D eigenvalue weighted by Crippen LogP contribution is -2.38. The number of anilines is 1. The molecule has 5 rings (SSSR count). The Hall–Kier alpha value is -3.55. The average molecular weight is 566 g/mol. The summed E-state index contributed by atoms with van der Waals surface area (Å²) in [5, 5.41) is 8.51. The minimum Gasteiger partial charge on any atom is -0.467 e. The summed E-state index contributed by atoms with van der Waals surface area (Å²) in [6.45, 7) is 6.21. The van der Waals surface area contributed by atoms with Gasteiger partial charge in [0, 0.05) is 17.4 Å². The maximum atomic E-state index is 13.6. The largest absolute Gasteiger partial charge is 0.467 e. The zero-order valence-electron chi connectivity index (χ0n) is 22.0. The van der Waals surface area contributed by atoms with E-state index in [2.05, 4.69) is 5.32 Å². The Morgan fingerprint density at radius 2 is 1.82 bits per heavy atom. The van der Waals surface area contributed by atoms with E-state index in [-0.39, 0.29) is 42.2 Å². The first-order valence-corrected chi connectivity index (χ1v) is 13.6. The number of furan rings is 1. The minimum absolute atomic E-state index is 0.0659. The fourth-order valence-electron chi connectivity index (χ4n) is 4.58. The van der Waals surface area contributed by atoms with Gasteiger partial charge in [-0.05, 0) is 48.2 Å². The summed E-state index contributed by atoms with van der Waals surface area (Å²) >= 11 is 12.4. The predicted octanol–water partition coefficient (Wildman–Crippen LogP) is 6.84. The Kier molecular flexibility index (Phi) is 7.56. The molecule has 0 spiro atoms. The molecular weight excluding hydrogens is 535 g/mol. The van der Waals surface area contributed by atoms with Gasteiger partial charge in [0.15, 0.2) is 0 Å². The number of aromatic nitrogens is 2. The van der Waals surface area contributed by atoms with Crippen molar-refractivity contribution in [3.05, 3.63) is 100 Å². The van der Waals surface area contributed by atoms with Gasteiger partial charge in [0.05, 0.1) is 34.2 Å². The number of nitrogens with one attached hydrogen (secondary N) is 1. The third-order valence-corrected chi connectivity index (χ3v) is 7.54. The fraction of sp³-hybridized carbons (Fsp3) is 0.300. The molecule has 1 fully saturated rings. The zero-order chi connectivity index (χ0) is 27.7. The molecule has 2 heterocycles. The standard InChI is InChI=1S/C30H30Cl2N4O3/c1-30(2,3)26-16-27(36(34-26)20-11-12-24(31)25(32)14-20)33-28(37)18-35(17-21-10-7-13-39-21)29(38)23-15-22(23)19-8-5-4-6-9-19/h4-14,16,22-23H,15,17-18H2,1-3H3,(H,33,37)/t22-,23+/m0/s1. The van der Waals surface area contributed by atoms with Gasteiger partial charge in [0.2, 0.25) is 11.8 Å². The van der Waals surface area contributed by atoms with Crippen molar-refractivity contribution in [2.45, 2.75) is 45.1 Å². The fourth-order valence-corrected chi connectivity index (χ4v) is 4.87. The molecule has 202 valence electrons. The normalized spacial score (nSPS) is 16.6. The maximum Gasteiger partial charge on any atom is 0.245 e. The Morgan fingerprint density at radius 3 is 2.49 bits per heavy atom. The highest BCUT2D eigenvalue weighted by Gasteiger charge is 2.46. The molecule has 1 N–H and O–H groups in total. The first kappa shape index (κ1) is 27.0. The highest BCUT2D eigenvalue weighted by Crippen LogP contribution is 2.48. The van der Waals surface area contributed by atoms with Gasteiger partial charge in [0.25, 0.3) is 0 Å². The van der Waals surface area contributed by atoms with Crippen LogP contribution in [0.1, 0.15) is 50.1 Å². The van der Waals surface area contributed by atoms with Gasteiger partial charge in [0.1, 0.15) is 18.1 Å². The third-order valence-electron chi connectivity index (χ3n) is 6.80. The van der Waals surface area contributed by atoms with E-state index in [4.69, 9.17) is 32.7 Å². The van der Waals surface area contributed by atoms with Crippen LogP contribution in [-0.4, -0.2) is 33.0 Å². The van der Waals surface area contributed by atoms with E-state index in [0.29, 0.717) is 27.3 Å². The summed E-state index contributed by atoms with van der Waals surface area (Å²) < 4.78 is 7.13. The van der Waals surface area contributed by atoms with Crippen molar-refractivity contribution in [2.24, 2.45) is 5.92 Å². The Bertz CT molecular complexity index is 1480. The lowest BCUT2D eigenvalue weighted by atomic mass is 9.92. The SMILES string of the molecule is CC(C)(C)c1cc(NC(=O)CN(Cc2ccco2)C(=O)[C@@H]2C[C@H]2c2ccccc2)n(-c2ccc(Cl)c(Cl)c2)n1. The van der Waals surface area contributed by atoms with Gasteiger partial charge in [-0.25, -0.2) is 4.68 Å². The quantitative estimate of drug-likeness (QED) is 0.254. The molecule has 4 aromatic rings. The molecule has 0 unspecified atom stereocenters. The van der Waals surface area contributed by atoms with Crippen LogP contribution in [0.5, 0.6) is 0 Å². The molecule has 1 aliphatic rings. The first-order chi connectivity index (χ1) is 18.6. The average Bonchev–Trinajstić information content (AvgIpc) is 3.30. The lowest BCUT2D eigenvalue weighted by molar-refractivity contribution is -0.136. The predicted molar refractivity (Wildman–Crippen MR) is 152 cm³/mol. The molecule has 2 atom stereocenters. The summed E-state index contributed by atoms with van der Waals surface area (Å²) in [6.07, 6.45) is 2.32. The van der Waals surface area contributed by atoms with Gasteiger partial charge < -0.3 is 14.6 Å². The molecule has 0 bridgehead atoms. The monoisotopic (exact) mass is 564 g/mol. The second-order valence-electron chi connectivity index (χ2n) is 10.9. The van der Waals surface area contributed by atoms with Gasteiger partial charge in [-0.15, -0.1) is 0 Å². The molecule has 2 amide bonds. The van der Waals surface area contributed by atoms with Gasteiger partial charge >= 0.3 is 0 Å². The molecule has 39 heavy (non-hydrogen) atoms. The van der Waals surface area contributed by atoms with Crippen molar-refractivity contribution >= 4 is 40.8 Å². The van der Waals surface area contributed by atoms with Gasteiger partial charge in [-0.2, -0.15) is 5.10 Å². The second kappa shape index (κ2) is 10.9. The third kappa shape index (κ3) is 6.21. The van der Waals surface area contributed by atoms with Crippen molar-refractivity contribution in [2.75, 3.05) is 11.9 Å². The lowest BCUT2D eigenvalue weighted by Gasteiger charge is -2.21. The number of hydrogen-bond acceptors (Lipinski definition) is 4. The van der Waals surface area contributed by atoms with Crippen LogP contribution in [0.15, 0.2) is 77.4 Å². The van der Waals surface area contributed by atoms with E-state index in [0.717, 1.165) is 17.7 Å². The summed E-state index contributed by atoms with van der Waals surface area (Å²) in [5.41, 5.74) is 2.32. The van der Waals surface area contributed by atoms with E-state index in [1.54, 1.807) is 46.2 Å². The number of carbonyl (C=O) groups is 2. The van der Waals surface area contributed by atoms with Crippen LogP contribution in [0.25, 0.3) is 5.69 Å². The van der Waals surface area contributed by atoms with Crippen molar-refractivity contribution < 1.29 is 14.0 Å². The number of benzene rings is 2. The molecule has 0 saturated heterocycles. The zero-order valence-corrected chi connectivity index (χ0v) is 23.5. The maximum absolute atomic E-state index is 13.6. The van der Waals surface area contributed by atoms with Crippen LogP contribution in [-0.2, 0) is 21.5 Å². The number of nitrogens with zero attached hydrogens (tertiary/aromatic N) is 3. The van der Waals surface area contributed by atoms with E-state index in [1.165, 1.54) is 0 Å². The molecule has 0 radical (unpaired) electrons. The molecular formula is C30H30Cl2N4O3. The number of rotatable bonds is 8. The van der Waals surface area contributed by atoms with E-state index >= 15 is 0 Å². The van der Waals surface area contributed by atoms with Gasteiger partial charge in [-0.3, -0.25) is 9.59 Å². The Balaban J connectivity index is 1.37. The summed E-state index contributed by atoms with van der Waals surface area (Å²) in [5.74, 6) is 0.680. The van der Waals surface area contributed by atoms with E-state index in [1.807, 2.05) is 57.2 Å². The number of halogens is 2. The number of hydrogen-bond donors (Lipinski definition) is 1. The smallest absolute Gasteiger partial charge is 0.245 e. The van der Waals surface area contributed by atoms with Crippen LogP contribution in [0, 0.1) is 5.92 Å².